The van der Waals surface area contributed by atoms with Crippen LogP contribution in [-0.4, -0.2) is 24.5 Å². The van der Waals surface area contributed by atoms with E-state index in [-0.39, 0.29) is 53.9 Å². The van der Waals surface area contributed by atoms with Gasteiger partial charge in [0.05, 0.1) is 25.3 Å². The number of methoxy groups -OCH3 is 1. The van der Waals surface area contributed by atoms with Crippen molar-refractivity contribution in [1.29, 1.82) is 0 Å². The van der Waals surface area contributed by atoms with Gasteiger partial charge in [0, 0.05) is 12.1 Å². The molecule has 0 fully saturated rings. The highest BCUT2D eigenvalue weighted by Gasteiger charge is 2.11. The van der Waals surface area contributed by atoms with Crippen molar-refractivity contribution in [3.63, 3.8) is 0 Å². The molecule has 24 heavy (non-hydrogen) atoms. The highest BCUT2D eigenvalue weighted by Crippen LogP contribution is 1.97. The minimum atomic E-state index is -0.334. The Labute approximate surface area is 175 Å². The normalized spacial score (nSPS) is 9.88. The summed E-state index contributed by atoms with van der Waals surface area (Å²) in [5.74, 6) is -0.334. The molecule has 8 heteroatoms. The fourth-order valence-corrected chi connectivity index (χ4v) is 2.16. The largest absolute Gasteiger partial charge is 1.00 e. The second-order valence-electron chi connectivity index (χ2n) is 4.80. The minimum absolute atomic E-state index is 0. The van der Waals surface area contributed by atoms with Crippen molar-refractivity contribution in [3.8, 4) is 0 Å². The summed E-state index contributed by atoms with van der Waals surface area (Å²) in [6.45, 7) is 1.61. The first-order chi connectivity index (χ1) is 10.7. The average Bonchev–Trinajstić information content (AvgIpc) is 2.55. The SMILES string of the molecule is COC(=O)c1ccc[n+](CCC[n+]2cccc(/C=N/O)c2)c1.[I-].[I-]. The van der Waals surface area contributed by atoms with E-state index in [0.717, 1.165) is 25.1 Å². The number of pyridine rings is 2. The minimum Gasteiger partial charge on any atom is -1.00 e. The smallest absolute Gasteiger partial charge is 0.343 e. The van der Waals surface area contributed by atoms with Crippen molar-refractivity contribution in [3.05, 3.63) is 60.2 Å². The molecule has 0 atom stereocenters. The van der Waals surface area contributed by atoms with E-state index < -0.39 is 0 Å². The van der Waals surface area contributed by atoms with E-state index in [1.807, 2.05) is 45.9 Å². The predicted octanol–water partition coefficient (Wildman–Crippen LogP) is -5.05. The molecule has 1 N–H and O–H groups in total. The van der Waals surface area contributed by atoms with Crippen molar-refractivity contribution in [2.75, 3.05) is 7.11 Å². The monoisotopic (exact) mass is 555 g/mol. The molecule has 0 saturated heterocycles. The number of ether oxygens (including phenoxy) is 1. The van der Waals surface area contributed by atoms with Gasteiger partial charge in [-0.3, -0.25) is 0 Å². The molecule has 0 aromatic carbocycles. The number of aromatic nitrogens is 2. The zero-order chi connectivity index (χ0) is 15.8. The summed E-state index contributed by atoms with van der Waals surface area (Å²) in [7, 11) is 1.37. The van der Waals surface area contributed by atoms with E-state index in [4.69, 9.17) is 9.94 Å². The van der Waals surface area contributed by atoms with Gasteiger partial charge in [0.1, 0.15) is 5.56 Å². The van der Waals surface area contributed by atoms with Gasteiger partial charge >= 0.3 is 5.97 Å². The van der Waals surface area contributed by atoms with E-state index >= 15 is 0 Å². The Morgan fingerprint density at radius 2 is 1.79 bits per heavy atom. The number of nitrogens with zero attached hydrogens (tertiary/aromatic N) is 3. The van der Waals surface area contributed by atoms with Gasteiger partial charge in [0.25, 0.3) is 0 Å². The number of rotatable bonds is 6. The number of esters is 1. The molecule has 0 aliphatic carbocycles. The lowest BCUT2D eigenvalue weighted by Crippen LogP contribution is -3.00. The van der Waals surface area contributed by atoms with Crippen LogP contribution in [0.4, 0.5) is 0 Å². The van der Waals surface area contributed by atoms with E-state index in [1.54, 1.807) is 12.3 Å². The van der Waals surface area contributed by atoms with Crippen molar-refractivity contribution in [2.45, 2.75) is 19.5 Å². The molecule has 2 aromatic heterocycles. The second-order valence-corrected chi connectivity index (χ2v) is 4.80. The maximum atomic E-state index is 11.5. The third-order valence-corrected chi connectivity index (χ3v) is 3.20. The Balaban J connectivity index is 0.00000264. The van der Waals surface area contributed by atoms with Crippen LogP contribution in [0.3, 0.4) is 0 Å². The van der Waals surface area contributed by atoms with Gasteiger partial charge in [0.2, 0.25) is 0 Å². The Kier molecular flexibility index (Phi) is 11.5. The van der Waals surface area contributed by atoms with Crippen molar-refractivity contribution < 1.29 is 71.8 Å². The van der Waals surface area contributed by atoms with Gasteiger partial charge < -0.3 is 57.9 Å². The van der Waals surface area contributed by atoms with E-state index in [0.29, 0.717) is 5.56 Å². The van der Waals surface area contributed by atoms with Gasteiger partial charge in [-0.1, -0.05) is 5.16 Å². The maximum Gasteiger partial charge on any atom is 0.343 e. The van der Waals surface area contributed by atoms with Crippen LogP contribution in [0.1, 0.15) is 22.3 Å². The summed E-state index contributed by atoms with van der Waals surface area (Å²) in [5.41, 5.74) is 1.38. The van der Waals surface area contributed by atoms with Gasteiger partial charge in [-0.15, -0.1) is 0 Å². The number of oxime groups is 1. The first kappa shape index (κ1) is 22.7. The molecule has 0 saturated carbocycles. The summed E-state index contributed by atoms with van der Waals surface area (Å²) in [5, 5.41) is 11.6. The zero-order valence-electron chi connectivity index (χ0n) is 13.2. The van der Waals surface area contributed by atoms with Crippen molar-refractivity contribution in [2.24, 2.45) is 5.16 Å². The Morgan fingerprint density at radius 3 is 2.42 bits per heavy atom. The first-order valence-corrected chi connectivity index (χ1v) is 6.97. The topological polar surface area (TPSA) is 66.7 Å². The van der Waals surface area contributed by atoms with Crippen molar-refractivity contribution in [1.82, 2.24) is 0 Å². The molecular weight excluding hydrogens is 536 g/mol. The summed E-state index contributed by atoms with van der Waals surface area (Å²) < 4.78 is 8.71. The quantitative estimate of drug-likeness (QED) is 0.0971. The van der Waals surface area contributed by atoms with Gasteiger partial charge in [0.15, 0.2) is 37.9 Å². The van der Waals surface area contributed by atoms with E-state index in [1.165, 1.54) is 13.3 Å². The Bertz CT molecular complexity index is 681. The molecule has 130 valence electrons. The number of hydrogen-bond acceptors (Lipinski definition) is 4. The van der Waals surface area contributed by atoms with Crippen LogP contribution in [0.25, 0.3) is 0 Å². The van der Waals surface area contributed by atoms with E-state index in [2.05, 4.69) is 5.16 Å². The molecule has 6 nitrogen and oxygen atoms in total. The molecule has 0 spiro atoms. The zero-order valence-corrected chi connectivity index (χ0v) is 17.5. The lowest BCUT2D eigenvalue weighted by Gasteiger charge is -2.00. The van der Waals surface area contributed by atoms with Crippen molar-refractivity contribution >= 4 is 12.2 Å². The maximum absolute atomic E-state index is 11.5. The highest BCUT2D eigenvalue weighted by molar-refractivity contribution is 5.88. The van der Waals surface area contributed by atoms with Gasteiger partial charge in [-0.25, -0.2) is 13.9 Å². The molecule has 0 bridgehead atoms. The molecule has 0 unspecified atom stereocenters. The standard InChI is InChI=1S/C16H18N3O3.2HI/c1-22-16(20)15-6-3-8-19(13-15)10-4-9-18-7-2-5-14(12-18)11-17-21;;/h2-3,5-8,11-13H,4,9-10H2,1H3;2*1H/q+1;;/p-1/b17-11+;;. The lowest BCUT2D eigenvalue weighted by molar-refractivity contribution is -0.727. The third kappa shape index (κ3) is 7.07. The number of hydrogen-bond donors (Lipinski definition) is 1. The second kappa shape index (κ2) is 12.1. The highest BCUT2D eigenvalue weighted by atomic mass is 127. The van der Waals surface area contributed by atoms with Crippen LogP contribution in [0.15, 0.2) is 54.2 Å². The van der Waals surface area contributed by atoms with Gasteiger partial charge in [-0.2, -0.15) is 0 Å². The lowest BCUT2D eigenvalue weighted by atomic mass is 10.2. The van der Waals surface area contributed by atoms with Crippen LogP contribution in [0.2, 0.25) is 0 Å². The number of carbonyl (C=O) groups excluding carboxylic acids is 1. The van der Waals surface area contributed by atoms with Crippen LogP contribution >= 0.6 is 0 Å². The third-order valence-electron chi connectivity index (χ3n) is 3.20. The van der Waals surface area contributed by atoms with E-state index in [9.17, 15) is 4.79 Å². The van der Waals surface area contributed by atoms with Gasteiger partial charge in [-0.05, 0) is 12.1 Å². The molecule has 2 heterocycles. The fraction of sp³-hybridized carbons (Fsp3) is 0.250. The summed E-state index contributed by atoms with van der Waals surface area (Å²) >= 11 is 0. The molecule has 0 amide bonds. The van der Waals surface area contributed by atoms with Crippen LogP contribution in [0, 0.1) is 0 Å². The number of aryl methyl sites for hydroxylation is 2. The van der Waals surface area contributed by atoms with Crippen LogP contribution in [0.5, 0.6) is 0 Å². The molecule has 0 aliphatic rings. The summed E-state index contributed by atoms with van der Waals surface area (Å²) in [4.78, 5) is 11.5. The molecular formula is C16H19I2N3O3. The molecule has 0 aliphatic heterocycles. The Morgan fingerprint density at radius 1 is 1.17 bits per heavy atom. The fourth-order valence-electron chi connectivity index (χ4n) is 2.16. The first-order valence-electron chi connectivity index (χ1n) is 6.97. The van der Waals surface area contributed by atoms with Crippen LogP contribution in [-0.2, 0) is 17.8 Å². The average molecular weight is 555 g/mol. The molecule has 0 radical (unpaired) electrons. The van der Waals surface area contributed by atoms with Crippen LogP contribution < -0.4 is 57.1 Å². The molecule has 2 aromatic rings. The number of carbonyl (C=O) groups is 1. The summed E-state index contributed by atoms with van der Waals surface area (Å²) in [6.07, 6.45) is 9.88. The Hall–Kier alpha value is -1.30. The predicted molar refractivity (Wildman–Crippen MR) is 78.6 cm³/mol. The summed E-state index contributed by atoms with van der Waals surface area (Å²) in [6, 6.07) is 7.33. The number of halogens is 2. The molecule has 2 rings (SSSR count).